The van der Waals surface area contributed by atoms with Gasteiger partial charge in [-0.3, -0.25) is 19.7 Å². The quantitative estimate of drug-likeness (QED) is 0.544. The lowest BCUT2D eigenvalue weighted by molar-refractivity contribution is -0.136. The van der Waals surface area contributed by atoms with Crippen molar-refractivity contribution in [1.82, 2.24) is 10.2 Å². The first kappa shape index (κ1) is 22.3. The van der Waals surface area contributed by atoms with Gasteiger partial charge in [0, 0.05) is 47.8 Å². The number of nitrogens with two attached hydrogens (primary N) is 1. The number of piperidine rings is 1. The minimum Gasteiger partial charge on any atom is -0.382 e. The Morgan fingerprint density at radius 3 is 2.61 bits per heavy atom. The summed E-state index contributed by atoms with van der Waals surface area (Å²) in [6.07, 6.45) is 7.21. The van der Waals surface area contributed by atoms with Crippen LogP contribution in [0.3, 0.4) is 0 Å². The molecule has 33 heavy (non-hydrogen) atoms. The Morgan fingerprint density at radius 1 is 1.12 bits per heavy atom. The van der Waals surface area contributed by atoms with E-state index in [0.29, 0.717) is 42.4 Å². The zero-order valence-electron chi connectivity index (χ0n) is 19.1. The lowest BCUT2D eigenvalue weighted by atomic mass is 9.79. The molecule has 0 spiro atoms. The molecule has 0 unspecified atom stereocenters. The maximum Gasteiger partial charge on any atom is 0.255 e. The maximum absolute atomic E-state index is 13.2. The number of carbonyl (C=O) groups excluding carboxylic acids is 3. The highest BCUT2D eigenvalue weighted by Gasteiger charge is 2.40. The standard InChI is InChI=1S/C25H34N4O4/c26-17-7-5-16(6-8-17)20(9-4-15-13-33-14-15)27-21-3-1-2-18-19(21)12-29(25(18)32)22-10-11-23(30)28-24(22)31/h1-3,15-17,20,22,27H,4-14,26H2,(H,28,30,31)/t16?,17?,20-,22-/m1/s1. The number of imide groups is 1. The van der Waals surface area contributed by atoms with Gasteiger partial charge in [-0.05, 0) is 63.0 Å². The Balaban J connectivity index is 1.33. The molecule has 3 amide bonds. The maximum atomic E-state index is 13.2. The molecule has 1 aromatic carbocycles. The molecule has 2 atom stereocenters. The van der Waals surface area contributed by atoms with Crippen LogP contribution in [-0.4, -0.2) is 54.0 Å². The summed E-state index contributed by atoms with van der Waals surface area (Å²) in [4.78, 5) is 38.7. The molecule has 3 aliphatic heterocycles. The van der Waals surface area contributed by atoms with Gasteiger partial charge < -0.3 is 20.7 Å². The summed E-state index contributed by atoms with van der Waals surface area (Å²) in [5.41, 5.74) is 8.76. The van der Waals surface area contributed by atoms with E-state index in [1.54, 1.807) is 4.90 Å². The van der Waals surface area contributed by atoms with Crippen molar-refractivity contribution in [2.45, 2.75) is 76.0 Å². The number of ether oxygens (including phenoxy) is 1. The Hall–Kier alpha value is -2.45. The van der Waals surface area contributed by atoms with Crippen molar-refractivity contribution in [2.75, 3.05) is 18.5 Å². The van der Waals surface area contributed by atoms with Crippen molar-refractivity contribution in [3.8, 4) is 0 Å². The molecule has 2 saturated heterocycles. The van der Waals surface area contributed by atoms with Crippen LogP contribution in [0.25, 0.3) is 0 Å². The molecule has 4 N–H and O–H groups in total. The van der Waals surface area contributed by atoms with Gasteiger partial charge in [0.15, 0.2) is 0 Å². The minimum atomic E-state index is -0.593. The van der Waals surface area contributed by atoms with Crippen molar-refractivity contribution < 1.29 is 19.1 Å². The van der Waals surface area contributed by atoms with Crippen molar-refractivity contribution in [3.05, 3.63) is 29.3 Å². The summed E-state index contributed by atoms with van der Waals surface area (Å²) in [6.45, 7) is 2.11. The third-order valence-electron chi connectivity index (χ3n) is 7.90. The molecule has 5 rings (SSSR count). The summed E-state index contributed by atoms with van der Waals surface area (Å²) >= 11 is 0. The van der Waals surface area contributed by atoms with Crippen LogP contribution in [0.1, 0.15) is 67.3 Å². The van der Waals surface area contributed by atoms with Gasteiger partial charge in [0.05, 0.1) is 13.2 Å². The van der Waals surface area contributed by atoms with E-state index in [1.807, 2.05) is 18.2 Å². The highest BCUT2D eigenvalue weighted by molar-refractivity contribution is 6.06. The van der Waals surface area contributed by atoms with Crippen molar-refractivity contribution >= 4 is 23.4 Å². The van der Waals surface area contributed by atoms with E-state index >= 15 is 0 Å². The molecule has 3 fully saturated rings. The Labute approximate surface area is 194 Å². The van der Waals surface area contributed by atoms with Crippen LogP contribution < -0.4 is 16.4 Å². The molecule has 1 aliphatic carbocycles. The fourth-order valence-corrected chi connectivity index (χ4v) is 5.76. The number of benzene rings is 1. The number of anilines is 1. The minimum absolute atomic E-state index is 0.130. The summed E-state index contributed by atoms with van der Waals surface area (Å²) in [5.74, 6) is 0.432. The third-order valence-corrected chi connectivity index (χ3v) is 7.90. The molecule has 0 aromatic heterocycles. The molecule has 0 radical (unpaired) electrons. The molecule has 1 saturated carbocycles. The van der Waals surface area contributed by atoms with Gasteiger partial charge in [-0.1, -0.05) is 6.07 Å². The van der Waals surface area contributed by atoms with E-state index in [4.69, 9.17) is 10.5 Å². The average Bonchev–Trinajstić information content (AvgIpc) is 3.10. The molecule has 8 heteroatoms. The predicted octanol–water partition coefficient (Wildman–Crippen LogP) is 2.17. The van der Waals surface area contributed by atoms with E-state index in [0.717, 1.165) is 63.0 Å². The highest BCUT2D eigenvalue weighted by atomic mass is 16.5. The second kappa shape index (κ2) is 9.43. The van der Waals surface area contributed by atoms with Crippen LogP contribution in [0.2, 0.25) is 0 Å². The number of rotatable bonds is 7. The summed E-state index contributed by atoms with van der Waals surface area (Å²) in [7, 11) is 0. The van der Waals surface area contributed by atoms with Crippen LogP contribution in [0.15, 0.2) is 18.2 Å². The number of carbonyl (C=O) groups is 3. The number of hydrogen-bond donors (Lipinski definition) is 3. The number of nitrogens with one attached hydrogen (secondary N) is 2. The van der Waals surface area contributed by atoms with E-state index in [-0.39, 0.29) is 24.1 Å². The average molecular weight is 455 g/mol. The van der Waals surface area contributed by atoms with Gasteiger partial charge in [-0.2, -0.15) is 0 Å². The summed E-state index contributed by atoms with van der Waals surface area (Å²) in [6, 6.07) is 5.85. The van der Waals surface area contributed by atoms with E-state index in [1.165, 1.54) is 0 Å². The number of fused-ring (bicyclic) bond motifs is 1. The van der Waals surface area contributed by atoms with Gasteiger partial charge in [0.1, 0.15) is 6.04 Å². The molecular weight excluding hydrogens is 420 g/mol. The van der Waals surface area contributed by atoms with E-state index < -0.39 is 6.04 Å². The third kappa shape index (κ3) is 4.64. The molecule has 0 bridgehead atoms. The van der Waals surface area contributed by atoms with Gasteiger partial charge in [0.2, 0.25) is 11.8 Å². The molecule has 4 aliphatic rings. The lowest BCUT2D eigenvalue weighted by Gasteiger charge is -2.36. The first-order valence-corrected chi connectivity index (χ1v) is 12.4. The smallest absolute Gasteiger partial charge is 0.255 e. The van der Waals surface area contributed by atoms with Crippen molar-refractivity contribution in [2.24, 2.45) is 17.6 Å². The Kier molecular flexibility index (Phi) is 6.38. The monoisotopic (exact) mass is 454 g/mol. The zero-order valence-corrected chi connectivity index (χ0v) is 19.1. The van der Waals surface area contributed by atoms with Crippen molar-refractivity contribution in [3.63, 3.8) is 0 Å². The number of hydrogen-bond acceptors (Lipinski definition) is 6. The van der Waals surface area contributed by atoms with Crippen LogP contribution in [0.4, 0.5) is 5.69 Å². The first-order chi connectivity index (χ1) is 16.0. The van der Waals surface area contributed by atoms with Crippen LogP contribution in [0, 0.1) is 11.8 Å². The molecule has 8 nitrogen and oxygen atoms in total. The van der Waals surface area contributed by atoms with Crippen LogP contribution >= 0.6 is 0 Å². The fraction of sp³-hybridized carbons (Fsp3) is 0.640. The second-order valence-electron chi connectivity index (χ2n) is 10.1. The Morgan fingerprint density at radius 2 is 1.91 bits per heavy atom. The summed E-state index contributed by atoms with van der Waals surface area (Å²) in [5, 5.41) is 6.19. The predicted molar refractivity (Wildman–Crippen MR) is 123 cm³/mol. The fourth-order valence-electron chi connectivity index (χ4n) is 5.76. The van der Waals surface area contributed by atoms with Crippen LogP contribution in [-0.2, 0) is 20.9 Å². The normalized spacial score (nSPS) is 28.8. The number of nitrogens with zero attached hydrogens (tertiary/aromatic N) is 1. The SMILES string of the molecule is NC1CCC([C@@H](CCC2COC2)Nc2cccc3c2CN([C@@H]2CCC(=O)NC2=O)C3=O)CC1. The molecular formula is C25H34N4O4. The first-order valence-electron chi connectivity index (χ1n) is 12.4. The van der Waals surface area contributed by atoms with Crippen molar-refractivity contribution in [1.29, 1.82) is 0 Å². The second-order valence-corrected chi connectivity index (χ2v) is 10.1. The van der Waals surface area contributed by atoms with Gasteiger partial charge in [0.25, 0.3) is 5.91 Å². The molecule has 178 valence electrons. The van der Waals surface area contributed by atoms with Crippen LogP contribution in [0.5, 0.6) is 0 Å². The summed E-state index contributed by atoms with van der Waals surface area (Å²) < 4.78 is 5.37. The number of amides is 3. The van der Waals surface area contributed by atoms with Gasteiger partial charge in [-0.25, -0.2) is 0 Å². The topological polar surface area (TPSA) is 114 Å². The zero-order chi connectivity index (χ0) is 22.9. The largest absolute Gasteiger partial charge is 0.382 e. The lowest BCUT2D eigenvalue weighted by Crippen LogP contribution is -2.52. The molecule has 1 aromatic rings. The van der Waals surface area contributed by atoms with E-state index in [9.17, 15) is 14.4 Å². The van der Waals surface area contributed by atoms with Gasteiger partial charge >= 0.3 is 0 Å². The highest BCUT2D eigenvalue weighted by Crippen LogP contribution is 2.36. The molecule has 3 heterocycles. The van der Waals surface area contributed by atoms with Gasteiger partial charge in [-0.15, -0.1) is 0 Å². The Bertz CT molecular complexity index is 923. The van der Waals surface area contributed by atoms with E-state index in [2.05, 4.69) is 10.6 Å².